The van der Waals surface area contributed by atoms with Crippen molar-refractivity contribution in [3.63, 3.8) is 0 Å². The number of aromatic nitrogens is 4. The number of aliphatic carboxylic acids is 1. The third-order valence-electron chi connectivity index (χ3n) is 11.1. The van der Waals surface area contributed by atoms with Crippen LogP contribution in [-0.2, 0) is 17.8 Å². The summed E-state index contributed by atoms with van der Waals surface area (Å²) in [6.07, 6.45) is 1.85. The van der Waals surface area contributed by atoms with Crippen molar-refractivity contribution in [2.45, 2.75) is 26.1 Å². The molecule has 330 valence electrons. The summed E-state index contributed by atoms with van der Waals surface area (Å²) in [5.41, 5.74) is 4.91. The van der Waals surface area contributed by atoms with Crippen LogP contribution in [0.2, 0.25) is 5.02 Å². The van der Waals surface area contributed by atoms with Gasteiger partial charge in [-0.3, -0.25) is 9.88 Å². The molecule has 4 heterocycles. The minimum absolute atomic E-state index is 0.0347. The summed E-state index contributed by atoms with van der Waals surface area (Å²) >= 11 is 8.20. The maximum atomic E-state index is 14.8. The van der Waals surface area contributed by atoms with Crippen LogP contribution in [0.3, 0.4) is 0 Å². The van der Waals surface area contributed by atoms with E-state index in [1.165, 1.54) is 13.2 Å². The Morgan fingerprint density at radius 2 is 1.66 bits per heavy atom. The fraction of sp³-hybridized carbons (Fsp3) is 0.271. The van der Waals surface area contributed by atoms with Crippen LogP contribution in [0.15, 0.2) is 97.3 Å². The first-order chi connectivity index (χ1) is 31.1. The van der Waals surface area contributed by atoms with E-state index >= 15 is 0 Å². The topological polar surface area (TPSA) is 141 Å². The third-order valence-corrected chi connectivity index (χ3v) is 12.4. The smallest absolute Gasteiger partial charge is 0.345 e. The summed E-state index contributed by atoms with van der Waals surface area (Å²) in [5, 5.41) is 11.6. The molecule has 4 aromatic carbocycles. The zero-order valence-electron chi connectivity index (χ0n) is 35.7. The summed E-state index contributed by atoms with van der Waals surface area (Å²) in [7, 11) is 5.11. The van der Waals surface area contributed by atoms with E-state index in [4.69, 9.17) is 45.3 Å². The number of carboxylic acids is 1. The van der Waals surface area contributed by atoms with E-state index in [-0.39, 0.29) is 24.7 Å². The molecule has 0 saturated carbocycles. The summed E-state index contributed by atoms with van der Waals surface area (Å²) in [4.78, 5) is 31.7. The SMILES string of the molecule is COc1cc(-c2ncc3snc(OC(Cc4ccccc4OCc4ccnc(-c5ccccc5OC)n4)C(=O)O)c3c2-c2ccc(OCCN3CCN(C)CC3)c(Cl)c2C)ccc1F. The van der Waals surface area contributed by atoms with Gasteiger partial charge in [0.25, 0.3) is 0 Å². The van der Waals surface area contributed by atoms with Crippen LogP contribution in [0.25, 0.3) is 43.9 Å². The number of carbonyl (C=O) groups is 1. The van der Waals surface area contributed by atoms with E-state index in [0.717, 1.165) is 49.8 Å². The van der Waals surface area contributed by atoms with Gasteiger partial charge in [0, 0.05) is 62.7 Å². The third kappa shape index (κ3) is 9.72. The maximum Gasteiger partial charge on any atom is 0.345 e. The van der Waals surface area contributed by atoms with Gasteiger partial charge >= 0.3 is 5.97 Å². The second-order valence-electron chi connectivity index (χ2n) is 15.2. The average Bonchev–Trinajstić information content (AvgIpc) is 3.73. The van der Waals surface area contributed by atoms with Gasteiger partial charge in [0.2, 0.25) is 12.0 Å². The van der Waals surface area contributed by atoms with E-state index in [9.17, 15) is 14.3 Å². The van der Waals surface area contributed by atoms with Gasteiger partial charge in [-0.25, -0.2) is 19.2 Å². The largest absolute Gasteiger partial charge is 0.496 e. The van der Waals surface area contributed by atoms with Crippen molar-refractivity contribution < 1.29 is 38.0 Å². The Hall–Kier alpha value is -6.39. The lowest BCUT2D eigenvalue weighted by Gasteiger charge is -2.32. The number of nitrogens with zero attached hydrogens (tertiary/aromatic N) is 6. The number of methoxy groups -OCH3 is 2. The molecule has 64 heavy (non-hydrogen) atoms. The zero-order valence-corrected chi connectivity index (χ0v) is 37.3. The molecule has 13 nitrogen and oxygen atoms in total. The molecule has 1 aliphatic heterocycles. The van der Waals surface area contributed by atoms with E-state index in [2.05, 4.69) is 26.2 Å². The summed E-state index contributed by atoms with van der Waals surface area (Å²) in [5.74, 6) is 0.510. The Bertz CT molecular complexity index is 2780. The lowest BCUT2D eigenvalue weighted by molar-refractivity contribution is -0.145. The Morgan fingerprint density at radius 3 is 2.44 bits per heavy atom. The van der Waals surface area contributed by atoms with Gasteiger partial charge in [-0.2, -0.15) is 4.37 Å². The van der Waals surface area contributed by atoms with Crippen molar-refractivity contribution in [3.8, 4) is 62.7 Å². The fourth-order valence-corrected chi connectivity index (χ4v) is 8.51. The molecule has 0 amide bonds. The number of para-hydroxylation sites is 2. The highest BCUT2D eigenvalue weighted by atomic mass is 35.5. The number of halogens is 2. The molecular weight excluding hydrogens is 859 g/mol. The molecule has 1 unspecified atom stereocenters. The van der Waals surface area contributed by atoms with E-state index in [1.807, 2.05) is 55.5 Å². The van der Waals surface area contributed by atoms with Crippen molar-refractivity contribution >= 4 is 39.2 Å². The van der Waals surface area contributed by atoms with Crippen LogP contribution >= 0.6 is 23.1 Å². The number of benzene rings is 4. The summed E-state index contributed by atoms with van der Waals surface area (Å²) in [6.45, 7) is 7.16. The predicted octanol–water partition coefficient (Wildman–Crippen LogP) is 8.88. The number of ether oxygens (including phenoxy) is 5. The van der Waals surface area contributed by atoms with Crippen molar-refractivity contribution in [3.05, 3.63) is 125 Å². The molecule has 1 aliphatic rings. The first-order valence-electron chi connectivity index (χ1n) is 20.6. The van der Waals surface area contributed by atoms with Gasteiger partial charge in [-0.15, -0.1) is 0 Å². The number of carboxylic acid groups (broad SMARTS) is 1. The molecule has 16 heteroatoms. The Morgan fingerprint density at radius 1 is 0.891 bits per heavy atom. The molecule has 0 spiro atoms. The second kappa shape index (κ2) is 20.0. The number of hydrogen-bond acceptors (Lipinski definition) is 13. The molecular formula is C48H46ClFN6O7S. The Kier molecular flexibility index (Phi) is 13.8. The van der Waals surface area contributed by atoms with Gasteiger partial charge in [0.15, 0.2) is 17.4 Å². The number of pyridine rings is 1. The number of likely N-dealkylation sites (N-methyl/N-ethyl adjacent to an activating group) is 1. The molecule has 0 bridgehead atoms. The number of rotatable bonds is 17. The molecule has 8 rings (SSSR count). The minimum atomic E-state index is -1.39. The van der Waals surface area contributed by atoms with Gasteiger partial charge in [-0.05, 0) is 90.7 Å². The molecule has 1 fully saturated rings. The minimum Gasteiger partial charge on any atom is -0.496 e. The standard InChI is InChI=1S/C48H46ClFN6O7S/c1-29-33(14-16-38(44(29)49)61-24-23-56-21-19-55(2)20-22-56)42-43-41(27-52-45(42)31-13-15-35(50)39(26-31)60-4)64-54-47(43)63-40(48(57)58)25-30-9-5-7-11-36(30)62-28-32-17-18-51-46(53-32)34-10-6-8-12-37(34)59-3/h5-18,26-27,40H,19-25,28H2,1-4H3,(H,57,58). The fourth-order valence-electron chi connectivity index (χ4n) is 7.59. The molecule has 0 aliphatic carbocycles. The van der Waals surface area contributed by atoms with Crippen LogP contribution < -0.4 is 23.7 Å². The van der Waals surface area contributed by atoms with E-state index in [0.29, 0.717) is 84.0 Å². The normalized spacial score (nSPS) is 13.7. The maximum absolute atomic E-state index is 14.8. The van der Waals surface area contributed by atoms with Gasteiger partial charge in [-0.1, -0.05) is 48.0 Å². The van der Waals surface area contributed by atoms with E-state index in [1.54, 1.807) is 49.8 Å². The molecule has 0 radical (unpaired) electrons. The summed E-state index contributed by atoms with van der Waals surface area (Å²) in [6, 6.07) is 24.6. The molecule has 1 saturated heterocycles. The highest BCUT2D eigenvalue weighted by molar-refractivity contribution is 7.13. The van der Waals surface area contributed by atoms with Crippen molar-refractivity contribution in [1.29, 1.82) is 0 Å². The predicted molar refractivity (Wildman–Crippen MR) is 245 cm³/mol. The van der Waals surface area contributed by atoms with Crippen LogP contribution in [0.1, 0.15) is 16.8 Å². The van der Waals surface area contributed by atoms with Crippen LogP contribution in [-0.4, -0.2) is 107 Å². The Labute approximate surface area is 379 Å². The van der Waals surface area contributed by atoms with Crippen molar-refractivity contribution in [2.24, 2.45) is 0 Å². The Balaban J connectivity index is 1.10. The second-order valence-corrected chi connectivity index (χ2v) is 16.4. The molecule has 1 N–H and O–H groups in total. The van der Waals surface area contributed by atoms with Gasteiger partial charge in [0.05, 0.1) is 46.3 Å². The quantitative estimate of drug-likeness (QED) is 0.0931. The lowest BCUT2D eigenvalue weighted by atomic mass is 9.93. The average molecular weight is 905 g/mol. The van der Waals surface area contributed by atoms with Gasteiger partial charge in [0.1, 0.15) is 30.5 Å². The van der Waals surface area contributed by atoms with E-state index < -0.39 is 17.9 Å². The van der Waals surface area contributed by atoms with Crippen LogP contribution in [0.5, 0.6) is 28.9 Å². The molecule has 1 atom stereocenters. The zero-order chi connectivity index (χ0) is 44.7. The lowest BCUT2D eigenvalue weighted by Crippen LogP contribution is -2.45. The van der Waals surface area contributed by atoms with Crippen LogP contribution in [0, 0.1) is 12.7 Å². The first kappa shape index (κ1) is 44.2. The number of fused-ring (bicyclic) bond motifs is 1. The molecule has 3 aromatic heterocycles. The first-order valence-corrected chi connectivity index (χ1v) is 21.8. The highest BCUT2D eigenvalue weighted by Gasteiger charge is 2.28. The number of hydrogen-bond donors (Lipinski definition) is 1. The monoisotopic (exact) mass is 904 g/mol. The number of piperazine rings is 1. The van der Waals surface area contributed by atoms with Crippen molar-refractivity contribution in [2.75, 3.05) is 60.6 Å². The highest BCUT2D eigenvalue weighted by Crippen LogP contribution is 2.46. The summed E-state index contributed by atoms with van der Waals surface area (Å²) < 4.78 is 49.8. The van der Waals surface area contributed by atoms with Gasteiger partial charge < -0.3 is 33.7 Å². The van der Waals surface area contributed by atoms with Crippen molar-refractivity contribution in [1.82, 2.24) is 29.1 Å². The molecule has 7 aromatic rings. The van der Waals surface area contributed by atoms with Crippen LogP contribution in [0.4, 0.5) is 4.39 Å².